The molecule has 1 unspecified atom stereocenters. The lowest BCUT2D eigenvalue weighted by Gasteiger charge is -2.04. The third-order valence-corrected chi connectivity index (χ3v) is 2.63. The van der Waals surface area contributed by atoms with Gasteiger partial charge in [0.1, 0.15) is 5.75 Å². The molecule has 0 aliphatic carbocycles. The minimum absolute atomic E-state index is 0.335. The van der Waals surface area contributed by atoms with E-state index in [9.17, 15) is 4.21 Å². The minimum Gasteiger partial charge on any atom is -0.491 e. The van der Waals surface area contributed by atoms with E-state index in [0.29, 0.717) is 22.9 Å². The summed E-state index contributed by atoms with van der Waals surface area (Å²) in [7, 11) is 0. The van der Waals surface area contributed by atoms with Crippen LogP contribution in [0, 0.1) is 0 Å². The maximum absolute atomic E-state index is 10.8. The molecule has 0 saturated carbocycles. The summed E-state index contributed by atoms with van der Waals surface area (Å²) in [5.74, 6) is 0.661. The second-order valence-corrected chi connectivity index (χ2v) is 3.82. The number of hydrogen-bond acceptors (Lipinski definition) is 3. The summed E-state index contributed by atoms with van der Waals surface area (Å²) in [6.45, 7) is 0.598. The van der Waals surface area contributed by atoms with Gasteiger partial charge in [0.05, 0.1) is 17.2 Å². The molecule has 3 N–H and O–H groups in total. The average Bonchev–Trinajstić information content (AvgIpc) is 2.51. The van der Waals surface area contributed by atoms with Crippen molar-refractivity contribution in [3.05, 3.63) is 17.7 Å². The van der Waals surface area contributed by atoms with E-state index in [-0.39, 0.29) is 0 Å². The van der Waals surface area contributed by atoms with Crippen LogP contribution in [0.25, 0.3) is 0 Å². The van der Waals surface area contributed by atoms with Crippen LogP contribution in [0.15, 0.2) is 17.0 Å². The molecule has 1 aliphatic rings. The number of nitrogens with two attached hydrogens (primary N) is 1. The van der Waals surface area contributed by atoms with Crippen LogP contribution in [0.3, 0.4) is 0 Å². The molecular weight excluding hydrogens is 190 g/mol. The zero-order valence-electron chi connectivity index (χ0n) is 6.82. The Hall–Kier alpha value is -1.07. The van der Waals surface area contributed by atoms with Crippen molar-refractivity contribution in [1.82, 2.24) is 0 Å². The van der Waals surface area contributed by atoms with Crippen LogP contribution in [-0.4, -0.2) is 15.4 Å². The average molecular weight is 199 g/mol. The Kier molecular flexibility index (Phi) is 1.97. The molecule has 1 heterocycles. The van der Waals surface area contributed by atoms with Gasteiger partial charge in [0.2, 0.25) is 0 Å². The molecule has 1 aromatic carbocycles. The first-order valence-corrected chi connectivity index (χ1v) is 4.95. The predicted molar refractivity (Wildman–Crippen MR) is 49.1 cm³/mol. The molecule has 0 amide bonds. The fourth-order valence-corrected chi connectivity index (χ4v) is 1.88. The predicted octanol–water partition coefficient (Wildman–Crippen LogP) is 0.784. The lowest BCUT2D eigenvalue weighted by atomic mass is 10.1. The van der Waals surface area contributed by atoms with Crippen molar-refractivity contribution in [1.29, 1.82) is 0 Å². The number of ether oxygens (including phenoxy) is 1. The van der Waals surface area contributed by atoms with Crippen molar-refractivity contribution >= 4 is 16.8 Å². The molecule has 5 heteroatoms. The van der Waals surface area contributed by atoms with E-state index >= 15 is 0 Å². The van der Waals surface area contributed by atoms with Crippen molar-refractivity contribution in [3.63, 3.8) is 0 Å². The van der Waals surface area contributed by atoms with Crippen LogP contribution in [0.5, 0.6) is 5.75 Å². The third-order valence-electron chi connectivity index (χ3n) is 1.99. The molecule has 0 fully saturated rings. The lowest BCUT2D eigenvalue weighted by Crippen LogP contribution is -1.95. The van der Waals surface area contributed by atoms with Crippen molar-refractivity contribution in [2.75, 3.05) is 12.3 Å². The van der Waals surface area contributed by atoms with E-state index in [1.807, 2.05) is 0 Å². The normalized spacial score (nSPS) is 16.4. The fourth-order valence-electron chi connectivity index (χ4n) is 1.41. The maximum Gasteiger partial charge on any atom is 0.186 e. The molecule has 0 bridgehead atoms. The van der Waals surface area contributed by atoms with Gasteiger partial charge in [-0.3, -0.25) is 0 Å². The van der Waals surface area contributed by atoms with Gasteiger partial charge in [-0.15, -0.1) is 0 Å². The number of hydrogen-bond donors (Lipinski definition) is 2. The highest BCUT2D eigenvalue weighted by Crippen LogP contribution is 2.33. The van der Waals surface area contributed by atoms with Gasteiger partial charge in [-0.05, 0) is 12.1 Å². The van der Waals surface area contributed by atoms with Gasteiger partial charge in [-0.25, -0.2) is 4.21 Å². The lowest BCUT2D eigenvalue weighted by molar-refractivity contribution is 0.358. The highest BCUT2D eigenvalue weighted by molar-refractivity contribution is 7.79. The second kappa shape index (κ2) is 3.01. The first kappa shape index (κ1) is 8.52. The summed E-state index contributed by atoms with van der Waals surface area (Å²) in [5.41, 5.74) is 6.99. The standard InChI is InChI=1S/C8H9NO3S/c9-7-4-6(13(10)11)3-5-1-2-12-8(5)7/h3-4H,1-2,9H2,(H,10,11). The molecule has 13 heavy (non-hydrogen) atoms. The first-order chi connectivity index (χ1) is 6.18. The molecular formula is C8H9NO3S. The molecule has 0 saturated heterocycles. The maximum atomic E-state index is 10.8. The summed E-state index contributed by atoms with van der Waals surface area (Å²) in [6.07, 6.45) is 0.755. The first-order valence-electron chi connectivity index (χ1n) is 3.84. The van der Waals surface area contributed by atoms with Crippen LogP contribution < -0.4 is 10.5 Å². The smallest absolute Gasteiger partial charge is 0.186 e. The highest BCUT2D eigenvalue weighted by atomic mass is 32.2. The number of nitrogen functional groups attached to an aromatic ring is 1. The molecule has 0 radical (unpaired) electrons. The van der Waals surface area contributed by atoms with Crippen molar-refractivity contribution in [3.8, 4) is 5.75 Å². The van der Waals surface area contributed by atoms with Gasteiger partial charge in [0.15, 0.2) is 11.1 Å². The Morgan fingerprint density at radius 2 is 2.31 bits per heavy atom. The molecule has 1 atom stereocenters. The van der Waals surface area contributed by atoms with Crippen molar-refractivity contribution in [2.24, 2.45) is 0 Å². The van der Waals surface area contributed by atoms with E-state index in [2.05, 4.69) is 0 Å². The van der Waals surface area contributed by atoms with Crippen molar-refractivity contribution < 1.29 is 13.5 Å². The molecule has 2 rings (SSSR count). The van der Waals surface area contributed by atoms with Crippen LogP contribution in [0.4, 0.5) is 5.69 Å². The summed E-state index contributed by atoms with van der Waals surface area (Å²) in [4.78, 5) is 0.335. The number of rotatable bonds is 1. The fraction of sp³-hybridized carbons (Fsp3) is 0.250. The molecule has 1 aliphatic heterocycles. The summed E-state index contributed by atoms with van der Waals surface area (Å²) >= 11 is -1.97. The summed E-state index contributed by atoms with van der Waals surface area (Å²) in [6, 6.07) is 3.13. The molecule has 0 spiro atoms. The molecule has 1 aromatic rings. The third kappa shape index (κ3) is 1.40. The largest absolute Gasteiger partial charge is 0.491 e. The molecule has 70 valence electrons. The van der Waals surface area contributed by atoms with Crippen LogP contribution in [-0.2, 0) is 17.5 Å². The van der Waals surface area contributed by atoms with Gasteiger partial charge < -0.3 is 15.0 Å². The minimum atomic E-state index is -1.97. The van der Waals surface area contributed by atoms with Crippen LogP contribution >= 0.6 is 0 Å². The van der Waals surface area contributed by atoms with Gasteiger partial charge in [-0.2, -0.15) is 0 Å². The topological polar surface area (TPSA) is 72.6 Å². The van der Waals surface area contributed by atoms with Crippen LogP contribution in [0.1, 0.15) is 5.56 Å². The Morgan fingerprint density at radius 3 is 3.00 bits per heavy atom. The number of fused-ring (bicyclic) bond motifs is 1. The number of anilines is 1. The second-order valence-electron chi connectivity index (χ2n) is 2.85. The highest BCUT2D eigenvalue weighted by Gasteiger charge is 2.17. The Bertz CT molecular complexity index is 378. The SMILES string of the molecule is Nc1cc(S(=O)O)cc2c1OCC2. The summed E-state index contributed by atoms with van der Waals surface area (Å²) in [5, 5.41) is 0. The van der Waals surface area contributed by atoms with Gasteiger partial charge in [0.25, 0.3) is 0 Å². The Balaban J connectivity index is 2.55. The Labute approximate surface area is 78.0 Å². The van der Waals surface area contributed by atoms with Crippen molar-refractivity contribution in [2.45, 2.75) is 11.3 Å². The summed E-state index contributed by atoms with van der Waals surface area (Å²) < 4.78 is 24.9. The van der Waals surface area contributed by atoms with Gasteiger partial charge >= 0.3 is 0 Å². The Morgan fingerprint density at radius 1 is 1.54 bits per heavy atom. The van der Waals surface area contributed by atoms with Crippen LogP contribution in [0.2, 0.25) is 0 Å². The van der Waals surface area contributed by atoms with E-state index in [1.165, 1.54) is 6.07 Å². The van der Waals surface area contributed by atoms with E-state index in [0.717, 1.165) is 12.0 Å². The van der Waals surface area contributed by atoms with E-state index < -0.39 is 11.1 Å². The van der Waals surface area contributed by atoms with E-state index in [4.69, 9.17) is 15.0 Å². The van der Waals surface area contributed by atoms with Gasteiger partial charge in [0, 0.05) is 12.0 Å². The zero-order valence-corrected chi connectivity index (χ0v) is 7.63. The quantitative estimate of drug-likeness (QED) is 0.518. The van der Waals surface area contributed by atoms with Gasteiger partial charge in [-0.1, -0.05) is 0 Å². The molecule has 0 aromatic heterocycles. The monoisotopic (exact) mass is 199 g/mol. The number of benzene rings is 1. The van der Waals surface area contributed by atoms with E-state index in [1.54, 1.807) is 6.07 Å². The molecule has 4 nitrogen and oxygen atoms in total. The zero-order chi connectivity index (χ0) is 9.42.